The number of rotatable bonds is 5. The number of aromatic nitrogens is 2. The number of nitrogens with one attached hydrogen (secondary N) is 1. The van der Waals surface area contributed by atoms with Crippen molar-refractivity contribution in [2.75, 3.05) is 31.5 Å². The quantitative estimate of drug-likeness (QED) is 0.465. The number of carbonyl (C=O) groups excluding carboxylic acids is 1. The summed E-state index contributed by atoms with van der Waals surface area (Å²) >= 11 is 7.54. The summed E-state index contributed by atoms with van der Waals surface area (Å²) in [6, 6.07) is 4.51. The molecule has 0 spiro atoms. The fraction of sp³-hybridized carbons (Fsp3) is 0.423. The normalized spacial score (nSPS) is 22.2. The second-order valence-corrected chi connectivity index (χ2v) is 11.3. The van der Waals surface area contributed by atoms with Crippen molar-refractivity contribution in [2.24, 2.45) is 11.8 Å². The highest BCUT2D eigenvalue weighted by atomic mass is 35.5. The van der Waals surface area contributed by atoms with Gasteiger partial charge in [-0.2, -0.15) is 0 Å². The summed E-state index contributed by atoms with van der Waals surface area (Å²) in [4.78, 5) is 28.3. The second-order valence-electron chi connectivity index (χ2n) is 9.84. The first kappa shape index (κ1) is 22.9. The maximum atomic E-state index is 13.6. The molecule has 1 aromatic carbocycles. The molecule has 4 heterocycles. The molecule has 6 rings (SSSR count). The van der Waals surface area contributed by atoms with Gasteiger partial charge in [0.15, 0.2) is 0 Å². The summed E-state index contributed by atoms with van der Waals surface area (Å²) in [5.74, 6) is 1.99. The number of likely N-dealkylation sites (tertiary alicyclic amines) is 1. The van der Waals surface area contributed by atoms with Crippen molar-refractivity contribution in [3.05, 3.63) is 58.0 Å². The van der Waals surface area contributed by atoms with Gasteiger partial charge in [0.1, 0.15) is 22.8 Å². The molecule has 2 fully saturated rings. The monoisotopic (exact) mass is 511 g/mol. The number of benzene rings is 1. The van der Waals surface area contributed by atoms with Crippen LogP contribution in [0.4, 0.5) is 15.9 Å². The van der Waals surface area contributed by atoms with Crippen LogP contribution in [0.25, 0.3) is 10.2 Å². The van der Waals surface area contributed by atoms with E-state index in [0.29, 0.717) is 24.6 Å². The molecule has 2 atom stereocenters. The number of hydrogen-bond donors (Lipinski definition) is 1. The van der Waals surface area contributed by atoms with Crippen molar-refractivity contribution in [3.8, 4) is 0 Å². The first-order valence-electron chi connectivity index (χ1n) is 12.2. The number of anilines is 2. The molecular formula is C26H27ClFN5OS. The number of nitrogens with zero attached hydrogens (tertiary/aromatic N) is 4. The van der Waals surface area contributed by atoms with Crippen molar-refractivity contribution in [1.82, 2.24) is 19.8 Å². The SMILES string of the molecule is O=C(C=CCN1CC2CCC(C2)C1)N1CCc2c(sc3ncnc(Nc4ccc(F)c(Cl)c4)c23)C1. The lowest BCUT2D eigenvalue weighted by atomic mass is 9.99. The Kier molecular flexibility index (Phi) is 6.20. The predicted molar refractivity (Wildman–Crippen MR) is 138 cm³/mol. The van der Waals surface area contributed by atoms with Gasteiger partial charge in [0.2, 0.25) is 5.91 Å². The van der Waals surface area contributed by atoms with Crippen LogP contribution in [-0.2, 0) is 17.8 Å². The number of carbonyl (C=O) groups is 1. The molecule has 35 heavy (non-hydrogen) atoms. The summed E-state index contributed by atoms with van der Waals surface area (Å²) in [6.45, 7) is 4.44. The minimum absolute atomic E-state index is 0.0579. The van der Waals surface area contributed by atoms with Gasteiger partial charge < -0.3 is 10.2 Å². The van der Waals surface area contributed by atoms with Crippen molar-refractivity contribution in [1.29, 1.82) is 0 Å². The van der Waals surface area contributed by atoms with Crippen molar-refractivity contribution >= 4 is 50.6 Å². The molecule has 3 aromatic rings. The molecule has 2 unspecified atom stereocenters. The number of hydrogen-bond acceptors (Lipinski definition) is 6. The molecule has 1 N–H and O–H groups in total. The van der Waals surface area contributed by atoms with Gasteiger partial charge in [0.05, 0.1) is 17.0 Å². The lowest BCUT2D eigenvalue weighted by molar-refractivity contribution is -0.126. The van der Waals surface area contributed by atoms with E-state index in [0.717, 1.165) is 39.9 Å². The largest absolute Gasteiger partial charge is 0.340 e. The third-order valence-corrected chi connectivity index (χ3v) is 8.85. The summed E-state index contributed by atoms with van der Waals surface area (Å²) in [5.41, 5.74) is 1.84. The van der Waals surface area contributed by atoms with Gasteiger partial charge in [-0.05, 0) is 61.3 Å². The third kappa shape index (κ3) is 4.67. The summed E-state index contributed by atoms with van der Waals surface area (Å²) in [5, 5.41) is 4.29. The molecule has 2 bridgehead atoms. The number of halogens is 2. The zero-order valence-electron chi connectivity index (χ0n) is 19.3. The molecule has 2 aromatic heterocycles. The van der Waals surface area contributed by atoms with Gasteiger partial charge in [0, 0.05) is 42.8 Å². The molecule has 3 aliphatic rings. The average molecular weight is 512 g/mol. The Morgan fingerprint density at radius 3 is 2.89 bits per heavy atom. The lowest BCUT2D eigenvalue weighted by Crippen LogP contribution is -2.37. The molecule has 2 aliphatic heterocycles. The van der Waals surface area contributed by atoms with Crippen molar-refractivity contribution < 1.29 is 9.18 Å². The van der Waals surface area contributed by atoms with Crippen molar-refractivity contribution in [3.63, 3.8) is 0 Å². The fourth-order valence-electron chi connectivity index (χ4n) is 5.79. The topological polar surface area (TPSA) is 61.4 Å². The summed E-state index contributed by atoms with van der Waals surface area (Å²) in [6.07, 6.45) is 10.2. The molecule has 182 valence electrons. The molecule has 6 nitrogen and oxygen atoms in total. The van der Waals surface area contributed by atoms with Gasteiger partial charge in [0.25, 0.3) is 0 Å². The molecule has 1 saturated heterocycles. The Bertz CT molecular complexity index is 1300. The van der Waals surface area contributed by atoms with E-state index < -0.39 is 5.82 Å². The molecular weight excluding hydrogens is 485 g/mol. The second kappa shape index (κ2) is 9.48. The van der Waals surface area contributed by atoms with Gasteiger partial charge >= 0.3 is 0 Å². The molecule has 1 amide bonds. The highest BCUT2D eigenvalue weighted by Crippen LogP contribution is 2.39. The van der Waals surface area contributed by atoms with E-state index >= 15 is 0 Å². The average Bonchev–Trinajstić information content (AvgIpc) is 3.40. The van der Waals surface area contributed by atoms with Crippen LogP contribution >= 0.6 is 22.9 Å². The Hall–Kier alpha value is -2.55. The molecule has 9 heteroatoms. The van der Waals surface area contributed by atoms with Crippen LogP contribution in [0.1, 0.15) is 29.7 Å². The third-order valence-electron chi connectivity index (χ3n) is 7.44. The zero-order valence-corrected chi connectivity index (χ0v) is 20.9. The highest BCUT2D eigenvalue weighted by Gasteiger charge is 2.32. The van der Waals surface area contributed by atoms with Crippen molar-refractivity contribution in [2.45, 2.75) is 32.2 Å². The van der Waals surface area contributed by atoms with Crippen LogP contribution in [0.5, 0.6) is 0 Å². The zero-order chi connectivity index (χ0) is 23.9. The first-order valence-corrected chi connectivity index (χ1v) is 13.4. The Morgan fingerprint density at radius 2 is 2.09 bits per heavy atom. The molecule has 1 aliphatic carbocycles. The molecule has 0 radical (unpaired) electrons. The summed E-state index contributed by atoms with van der Waals surface area (Å²) in [7, 11) is 0. The van der Waals surface area contributed by atoms with E-state index in [4.69, 9.17) is 11.6 Å². The van der Waals surface area contributed by atoms with Gasteiger partial charge in [-0.25, -0.2) is 14.4 Å². The Balaban J connectivity index is 1.15. The van der Waals surface area contributed by atoms with Gasteiger partial charge in [-0.3, -0.25) is 9.69 Å². The van der Waals surface area contributed by atoms with Gasteiger partial charge in [-0.15, -0.1) is 11.3 Å². The van der Waals surface area contributed by atoms with Crippen LogP contribution in [0.2, 0.25) is 5.02 Å². The maximum absolute atomic E-state index is 13.6. The van der Waals surface area contributed by atoms with Crippen LogP contribution in [-0.4, -0.2) is 51.9 Å². The highest BCUT2D eigenvalue weighted by molar-refractivity contribution is 7.19. The maximum Gasteiger partial charge on any atom is 0.246 e. The van der Waals surface area contributed by atoms with E-state index in [2.05, 4.69) is 20.2 Å². The van der Waals surface area contributed by atoms with E-state index in [1.165, 1.54) is 50.3 Å². The standard InChI is InChI=1S/C26H27ClFN5OS/c27-20-11-18(5-6-21(20)28)31-25-24-19-7-9-33(14-22(19)35-26(24)30-15-29-25)23(34)2-1-8-32-12-16-3-4-17(10-16)13-32/h1-2,5-6,11,15-17H,3-4,7-10,12-14H2,(H,29,30,31). The minimum atomic E-state index is -0.459. The Labute approximate surface area is 212 Å². The fourth-order valence-corrected chi connectivity index (χ4v) is 7.18. The lowest BCUT2D eigenvalue weighted by Gasteiger charge is -2.30. The summed E-state index contributed by atoms with van der Waals surface area (Å²) < 4.78 is 13.6. The number of fused-ring (bicyclic) bond motifs is 5. The molecule has 1 saturated carbocycles. The van der Waals surface area contributed by atoms with Crippen LogP contribution < -0.4 is 5.32 Å². The van der Waals surface area contributed by atoms with Crippen LogP contribution in [0.3, 0.4) is 0 Å². The number of piperidine rings is 1. The number of thiophene rings is 1. The number of amides is 1. The van der Waals surface area contributed by atoms with E-state index in [1.54, 1.807) is 29.5 Å². The van der Waals surface area contributed by atoms with Gasteiger partial charge in [-0.1, -0.05) is 17.7 Å². The predicted octanol–water partition coefficient (Wildman–Crippen LogP) is 5.40. The van der Waals surface area contributed by atoms with E-state index in [-0.39, 0.29) is 10.9 Å². The first-order chi connectivity index (χ1) is 17.0. The van der Waals surface area contributed by atoms with E-state index in [1.807, 2.05) is 11.0 Å². The Morgan fingerprint density at radius 1 is 1.26 bits per heavy atom. The minimum Gasteiger partial charge on any atom is -0.340 e. The van der Waals surface area contributed by atoms with E-state index in [9.17, 15) is 9.18 Å². The smallest absolute Gasteiger partial charge is 0.246 e. The van der Waals surface area contributed by atoms with Crippen LogP contribution in [0, 0.1) is 17.7 Å². The van der Waals surface area contributed by atoms with Crippen LogP contribution in [0.15, 0.2) is 36.7 Å².